The van der Waals surface area contributed by atoms with E-state index in [1.165, 1.54) is 12.8 Å². The molecule has 0 spiro atoms. The largest absolute Gasteiger partial charge is 0.495 e. The van der Waals surface area contributed by atoms with Crippen LogP contribution in [0.5, 0.6) is 5.75 Å². The number of ether oxygens (including phenoxy) is 1. The summed E-state index contributed by atoms with van der Waals surface area (Å²) in [5.41, 5.74) is 4.35. The SMILES string of the molecule is COc1ccccc1NC(=O)Nc1cccc(-c2ccc3ccn(-c4cc(NC5CC5)ncn4)c3c2)c1. The fourth-order valence-electron chi connectivity index (χ4n) is 4.31. The van der Waals surface area contributed by atoms with Crippen LogP contribution < -0.4 is 20.7 Å². The van der Waals surface area contributed by atoms with Gasteiger partial charge in [-0.05, 0) is 60.4 Å². The van der Waals surface area contributed by atoms with Gasteiger partial charge in [-0.25, -0.2) is 14.8 Å². The Morgan fingerprint density at radius 2 is 1.78 bits per heavy atom. The van der Waals surface area contributed by atoms with E-state index in [9.17, 15) is 4.79 Å². The van der Waals surface area contributed by atoms with Gasteiger partial charge in [-0.1, -0.05) is 36.4 Å². The number of hydrogen-bond donors (Lipinski definition) is 3. The molecule has 0 bridgehead atoms. The van der Waals surface area contributed by atoms with Crippen LogP contribution in [0.1, 0.15) is 12.8 Å². The van der Waals surface area contributed by atoms with Gasteiger partial charge in [0.2, 0.25) is 0 Å². The zero-order valence-electron chi connectivity index (χ0n) is 20.3. The second-order valence-electron chi connectivity index (χ2n) is 9.00. The molecule has 0 saturated heterocycles. The molecule has 0 aliphatic heterocycles. The summed E-state index contributed by atoms with van der Waals surface area (Å²) in [4.78, 5) is 21.5. The Morgan fingerprint density at radius 3 is 2.65 bits per heavy atom. The van der Waals surface area contributed by atoms with Gasteiger partial charge in [-0.2, -0.15) is 0 Å². The van der Waals surface area contributed by atoms with E-state index >= 15 is 0 Å². The summed E-state index contributed by atoms with van der Waals surface area (Å²) in [5, 5.41) is 10.3. The van der Waals surface area contributed by atoms with E-state index in [0.717, 1.165) is 33.7 Å². The van der Waals surface area contributed by atoms with Gasteiger partial charge in [-0.15, -0.1) is 0 Å². The quantitative estimate of drug-likeness (QED) is 0.248. The third kappa shape index (κ3) is 4.95. The molecule has 8 heteroatoms. The van der Waals surface area contributed by atoms with E-state index in [1.807, 2.05) is 48.7 Å². The topological polar surface area (TPSA) is 93.1 Å². The molecule has 1 fully saturated rings. The lowest BCUT2D eigenvalue weighted by atomic mass is 10.0. The third-order valence-corrected chi connectivity index (χ3v) is 6.33. The maximum Gasteiger partial charge on any atom is 0.323 e. The first-order chi connectivity index (χ1) is 18.2. The summed E-state index contributed by atoms with van der Waals surface area (Å²) in [7, 11) is 1.57. The zero-order chi connectivity index (χ0) is 25.2. The number of carbonyl (C=O) groups excluding carboxylic acids is 1. The average Bonchev–Trinajstić information content (AvgIpc) is 3.63. The van der Waals surface area contributed by atoms with Crippen molar-refractivity contribution in [2.45, 2.75) is 18.9 Å². The van der Waals surface area contributed by atoms with Crippen LogP contribution in [-0.2, 0) is 0 Å². The minimum Gasteiger partial charge on any atom is -0.495 e. The fraction of sp³-hybridized carbons (Fsp3) is 0.138. The number of benzene rings is 3. The Kier molecular flexibility index (Phi) is 5.90. The van der Waals surface area contributed by atoms with Gasteiger partial charge in [0.05, 0.1) is 18.3 Å². The van der Waals surface area contributed by atoms with E-state index < -0.39 is 0 Å². The highest BCUT2D eigenvalue weighted by Crippen LogP contribution is 2.30. The molecular formula is C29H26N6O2. The monoisotopic (exact) mass is 490 g/mol. The highest BCUT2D eigenvalue weighted by Gasteiger charge is 2.21. The number of amides is 2. The number of nitrogens with zero attached hydrogens (tertiary/aromatic N) is 3. The highest BCUT2D eigenvalue weighted by atomic mass is 16.5. The Morgan fingerprint density at radius 1 is 0.919 bits per heavy atom. The van der Waals surface area contributed by atoms with Crippen molar-refractivity contribution in [3.8, 4) is 22.7 Å². The van der Waals surface area contributed by atoms with Gasteiger partial charge in [0.15, 0.2) is 0 Å². The highest BCUT2D eigenvalue weighted by molar-refractivity contribution is 6.01. The number of fused-ring (bicyclic) bond motifs is 1. The molecule has 2 amide bonds. The molecule has 184 valence electrons. The van der Waals surface area contributed by atoms with Crippen molar-refractivity contribution in [2.75, 3.05) is 23.1 Å². The van der Waals surface area contributed by atoms with Gasteiger partial charge in [-0.3, -0.25) is 0 Å². The van der Waals surface area contributed by atoms with Crippen molar-refractivity contribution in [1.29, 1.82) is 0 Å². The van der Waals surface area contributed by atoms with Crippen molar-refractivity contribution in [1.82, 2.24) is 14.5 Å². The molecule has 8 nitrogen and oxygen atoms in total. The van der Waals surface area contributed by atoms with E-state index in [4.69, 9.17) is 4.74 Å². The van der Waals surface area contributed by atoms with Crippen LogP contribution in [0.15, 0.2) is 91.4 Å². The Labute approximate surface area is 214 Å². The Balaban J connectivity index is 1.25. The number of para-hydroxylation sites is 2. The Bertz CT molecular complexity index is 1590. The molecule has 0 atom stereocenters. The second-order valence-corrected chi connectivity index (χ2v) is 9.00. The first kappa shape index (κ1) is 22.6. The molecule has 1 saturated carbocycles. The summed E-state index contributed by atoms with van der Waals surface area (Å²) in [6.07, 6.45) is 6.00. The first-order valence-corrected chi connectivity index (χ1v) is 12.2. The number of aromatic nitrogens is 3. The van der Waals surface area contributed by atoms with E-state index in [0.29, 0.717) is 23.2 Å². The van der Waals surface area contributed by atoms with Gasteiger partial charge in [0.25, 0.3) is 0 Å². The van der Waals surface area contributed by atoms with Crippen molar-refractivity contribution in [3.63, 3.8) is 0 Å². The van der Waals surface area contributed by atoms with Gasteiger partial charge in [0, 0.05) is 29.4 Å². The summed E-state index contributed by atoms with van der Waals surface area (Å²) in [6.45, 7) is 0. The lowest BCUT2D eigenvalue weighted by Gasteiger charge is -2.12. The third-order valence-electron chi connectivity index (χ3n) is 6.33. The summed E-state index contributed by atoms with van der Waals surface area (Å²) in [5.74, 6) is 2.26. The van der Waals surface area contributed by atoms with Crippen LogP contribution in [0.4, 0.5) is 22.0 Å². The number of hydrogen-bond acceptors (Lipinski definition) is 5. The molecule has 3 N–H and O–H groups in total. The number of rotatable bonds is 7. The average molecular weight is 491 g/mol. The summed E-state index contributed by atoms with van der Waals surface area (Å²) < 4.78 is 7.38. The predicted octanol–water partition coefficient (Wildman–Crippen LogP) is 6.31. The molecule has 1 aliphatic rings. The van der Waals surface area contributed by atoms with Gasteiger partial charge >= 0.3 is 6.03 Å². The second kappa shape index (κ2) is 9.66. The van der Waals surface area contributed by atoms with Crippen molar-refractivity contribution < 1.29 is 9.53 Å². The van der Waals surface area contributed by atoms with Crippen LogP contribution in [0.3, 0.4) is 0 Å². The van der Waals surface area contributed by atoms with Crippen LogP contribution in [-0.4, -0.2) is 33.7 Å². The molecule has 6 rings (SSSR count). The first-order valence-electron chi connectivity index (χ1n) is 12.2. The molecule has 0 radical (unpaired) electrons. The summed E-state index contributed by atoms with van der Waals surface area (Å²) >= 11 is 0. The molecular weight excluding hydrogens is 464 g/mol. The van der Waals surface area contributed by atoms with E-state index in [2.05, 4.69) is 54.8 Å². The molecule has 1 aliphatic carbocycles. The van der Waals surface area contributed by atoms with Gasteiger partial charge < -0.3 is 25.3 Å². The standard InChI is InChI=1S/C29H26N6O2/c1-37-26-8-3-2-7-24(26)34-29(36)33-23-6-4-5-20(15-23)21-10-9-19-13-14-35(25(19)16-21)28-17-27(30-18-31-28)32-22-11-12-22/h2-10,13-18,22H,11-12H2,1H3,(H,30,31,32)(H2,33,34,36). The van der Waals surface area contributed by atoms with Crippen LogP contribution in [0.25, 0.3) is 27.8 Å². The van der Waals surface area contributed by atoms with Crippen molar-refractivity contribution >= 4 is 34.1 Å². The number of methoxy groups -OCH3 is 1. The van der Waals surface area contributed by atoms with Crippen molar-refractivity contribution in [3.05, 3.63) is 91.4 Å². The number of carbonyl (C=O) groups is 1. The minimum atomic E-state index is -0.342. The molecule has 2 aromatic heterocycles. The van der Waals surface area contributed by atoms with E-state index in [1.54, 1.807) is 25.6 Å². The minimum absolute atomic E-state index is 0.342. The number of urea groups is 1. The molecule has 2 heterocycles. The van der Waals surface area contributed by atoms with E-state index in [-0.39, 0.29) is 6.03 Å². The maximum absolute atomic E-state index is 12.6. The molecule has 0 unspecified atom stereocenters. The summed E-state index contributed by atoms with van der Waals surface area (Å²) in [6, 6.07) is 25.6. The Hall–Kier alpha value is -4.85. The number of nitrogens with one attached hydrogen (secondary N) is 3. The van der Waals surface area contributed by atoms with Gasteiger partial charge in [0.1, 0.15) is 23.7 Å². The van der Waals surface area contributed by atoms with Crippen molar-refractivity contribution in [2.24, 2.45) is 0 Å². The fourth-order valence-corrected chi connectivity index (χ4v) is 4.31. The predicted molar refractivity (Wildman–Crippen MR) is 147 cm³/mol. The lowest BCUT2D eigenvalue weighted by molar-refractivity contribution is 0.262. The molecule has 37 heavy (non-hydrogen) atoms. The lowest BCUT2D eigenvalue weighted by Crippen LogP contribution is -2.19. The zero-order valence-corrected chi connectivity index (χ0v) is 20.3. The molecule has 5 aromatic rings. The maximum atomic E-state index is 12.6. The molecule has 3 aromatic carbocycles. The smallest absolute Gasteiger partial charge is 0.323 e. The number of anilines is 3. The normalized spacial score (nSPS) is 12.8. The van der Waals surface area contributed by atoms with Crippen LogP contribution >= 0.6 is 0 Å². The van der Waals surface area contributed by atoms with Crippen LogP contribution in [0.2, 0.25) is 0 Å². The van der Waals surface area contributed by atoms with Crippen LogP contribution in [0, 0.1) is 0 Å².